The molecule has 2 rings (SSSR count). The number of hydrogen-bond donors (Lipinski definition) is 1. The van der Waals surface area contributed by atoms with Crippen molar-refractivity contribution in [2.75, 3.05) is 13.1 Å². The van der Waals surface area contributed by atoms with E-state index in [4.69, 9.17) is 0 Å². The van der Waals surface area contributed by atoms with Crippen LogP contribution in [0.25, 0.3) is 11.0 Å². The van der Waals surface area contributed by atoms with Crippen LogP contribution >= 0.6 is 0 Å². The van der Waals surface area contributed by atoms with Gasteiger partial charge < -0.3 is 4.98 Å². The van der Waals surface area contributed by atoms with Gasteiger partial charge in [0.25, 0.3) is 0 Å². The van der Waals surface area contributed by atoms with Crippen molar-refractivity contribution in [1.29, 1.82) is 0 Å². The Balaban J connectivity index is 2.11. The molecule has 0 radical (unpaired) electrons. The summed E-state index contributed by atoms with van der Waals surface area (Å²) in [6.07, 6.45) is 3.58. The Morgan fingerprint density at radius 1 is 1.21 bits per heavy atom. The topological polar surface area (TPSA) is 31.9 Å². The van der Waals surface area contributed by atoms with E-state index in [1.165, 1.54) is 23.9 Å². The second-order valence-corrected chi connectivity index (χ2v) is 5.11. The third-order valence-corrected chi connectivity index (χ3v) is 3.65. The summed E-state index contributed by atoms with van der Waals surface area (Å²) in [4.78, 5) is 10.6. The van der Waals surface area contributed by atoms with Crippen LogP contribution in [-0.4, -0.2) is 28.0 Å². The van der Waals surface area contributed by atoms with Gasteiger partial charge in [-0.2, -0.15) is 0 Å². The average Bonchev–Trinajstić information content (AvgIpc) is 2.84. The lowest BCUT2D eigenvalue weighted by atomic mass is 10.1. The Kier molecular flexibility index (Phi) is 4.97. The molecule has 0 amide bonds. The summed E-state index contributed by atoms with van der Waals surface area (Å²) >= 11 is 0. The monoisotopic (exact) mass is 259 g/mol. The highest BCUT2D eigenvalue weighted by Gasteiger charge is 2.07. The Morgan fingerprint density at radius 2 is 2.05 bits per heavy atom. The van der Waals surface area contributed by atoms with Crippen molar-refractivity contribution in [3.05, 3.63) is 29.6 Å². The second-order valence-electron chi connectivity index (χ2n) is 5.11. The zero-order valence-electron chi connectivity index (χ0n) is 12.4. The molecule has 0 spiro atoms. The van der Waals surface area contributed by atoms with Crippen LogP contribution in [0.4, 0.5) is 0 Å². The molecule has 3 heteroatoms. The smallest absolute Gasteiger partial charge is 0.121 e. The van der Waals surface area contributed by atoms with Gasteiger partial charge >= 0.3 is 0 Å². The number of imidazole rings is 1. The van der Waals surface area contributed by atoms with E-state index in [0.717, 1.165) is 37.4 Å². The molecule has 1 N–H and O–H groups in total. The maximum atomic E-state index is 4.69. The number of rotatable bonds is 7. The normalized spacial score (nSPS) is 11.6. The largest absolute Gasteiger partial charge is 0.341 e. The third kappa shape index (κ3) is 3.57. The first-order valence-corrected chi connectivity index (χ1v) is 7.46. The van der Waals surface area contributed by atoms with E-state index < -0.39 is 0 Å². The maximum Gasteiger partial charge on any atom is 0.121 e. The van der Waals surface area contributed by atoms with Crippen LogP contribution in [0.15, 0.2) is 18.2 Å². The molecule has 0 atom stereocenters. The number of fused-ring (bicyclic) bond motifs is 1. The molecule has 0 aliphatic heterocycles. The van der Waals surface area contributed by atoms with Crippen molar-refractivity contribution in [3.8, 4) is 0 Å². The molecule has 2 aromatic rings. The van der Waals surface area contributed by atoms with Crippen molar-refractivity contribution < 1.29 is 0 Å². The quantitative estimate of drug-likeness (QED) is 0.821. The van der Waals surface area contributed by atoms with E-state index in [1.807, 2.05) is 0 Å². The number of H-pyrrole nitrogens is 1. The minimum Gasteiger partial charge on any atom is -0.341 e. The molecule has 1 aromatic heterocycles. The summed E-state index contributed by atoms with van der Waals surface area (Å²) < 4.78 is 0. The van der Waals surface area contributed by atoms with E-state index in [1.54, 1.807) is 0 Å². The molecular formula is C16H25N3. The number of nitrogens with one attached hydrogen (secondary N) is 1. The van der Waals surface area contributed by atoms with Crippen LogP contribution < -0.4 is 0 Å². The Morgan fingerprint density at radius 3 is 2.74 bits per heavy atom. The van der Waals surface area contributed by atoms with Crippen molar-refractivity contribution in [2.45, 2.75) is 46.6 Å². The summed E-state index contributed by atoms with van der Waals surface area (Å²) in [5.41, 5.74) is 3.61. The van der Waals surface area contributed by atoms with Gasteiger partial charge in [0.1, 0.15) is 5.82 Å². The van der Waals surface area contributed by atoms with Crippen LogP contribution in [0.5, 0.6) is 0 Å². The van der Waals surface area contributed by atoms with Gasteiger partial charge in [0.05, 0.1) is 17.6 Å². The van der Waals surface area contributed by atoms with Crippen molar-refractivity contribution in [1.82, 2.24) is 14.9 Å². The lowest BCUT2D eigenvalue weighted by Gasteiger charge is -2.18. The molecule has 0 aliphatic rings. The van der Waals surface area contributed by atoms with Crippen molar-refractivity contribution in [3.63, 3.8) is 0 Å². The third-order valence-electron chi connectivity index (χ3n) is 3.65. The molecule has 1 aromatic carbocycles. The fourth-order valence-electron chi connectivity index (χ4n) is 2.35. The van der Waals surface area contributed by atoms with Crippen LogP contribution in [0, 0.1) is 0 Å². The number of hydrogen-bond acceptors (Lipinski definition) is 2. The number of benzene rings is 1. The summed E-state index contributed by atoms with van der Waals surface area (Å²) in [7, 11) is 0. The molecule has 0 bridgehead atoms. The van der Waals surface area contributed by atoms with Gasteiger partial charge in [0, 0.05) is 0 Å². The van der Waals surface area contributed by atoms with E-state index in [2.05, 4.69) is 53.8 Å². The average molecular weight is 259 g/mol. The first-order valence-electron chi connectivity index (χ1n) is 7.46. The summed E-state index contributed by atoms with van der Waals surface area (Å²) in [6.45, 7) is 9.80. The van der Waals surface area contributed by atoms with Crippen LogP contribution in [0.1, 0.15) is 45.0 Å². The number of nitrogens with zero attached hydrogens (tertiary/aromatic N) is 2. The number of aryl methyl sites for hydroxylation is 1. The van der Waals surface area contributed by atoms with Gasteiger partial charge in [-0.05, 0) is 43.6 Å². The van der Waals surface area contributed by atoms with Crippen LogP contribution in [0.3, 0.4) is 0 Å². The van der Waals surface area contributed by atoms with E-state index in [0.29, 0.717) is 0 Å². The van der Waals surface area contributed by atoms with Gasteiger partial charge in [-0.25, -0.2) is 4.98 Å². The van der Waals surface area contributed by atoms with Crippen molar-refractivity contribution in [2.24, 2.45) is 0 Å². The van der Waals surface area contributed by atoms with E-state index >= 15 is 0 Å². The van der Waals surface area contributed by atoms with Gasteiger partial charge in [0.15, 0.2) is 0 Å². The molecular weight excluding hydrogens is 234 g/mol. The van der Waals surface area contributed by atoms with Crippen LogP contribution in [-0.2, 0) is 13.0 Å². The molecule has 104 valence electrons. The minimum atomic E-state index is 0.923. The fourth-order valence-corrected chi connectivity index (χ4v) is 2.35. The Bertz CT molecular complexity index is 516. The van der Waals surface area contributed by atoms with Gasteiger partial charge in [-0.3, -0.25) is 4.90 Å². The molecule has 0 unspecified atom stereocenters. The molecule has 0 saturated heterocycles. The van der Waals surface area contributed by atoms with Crippen LogP contribution in [0.2, 0.25) is 0 Å². The first-order chi connectivity index (χ1) is 9.26. The number of aromatic nitrogens is 2. The predicted octanol–water partition coefficient (Wildman–Crippen LogP) is 3.75. The zero-order valence-corrected chi connectivity index (χ0v) is 12.4. The van der Waals surface area contributed by atoms with E-state index in [9.17, 15) is 0 Å². The summed E-state index contributed by atoms with van der Waals surface area (Å²) in [5, 5.41) is 0. The summed E-state index contributed by atoms with van der Waals surface area (Å²) in [5.74, 6) is 1.08. The SMILES string of the molecule is CCCCN(CC)Cc1nc2ccc(CC)cc2[nH]1. The molecule has 0 saturated carbocycles. The van der Waals surface area contributed by atoms with Gasteiger partial charge in [-0.15, -0.1) is 0 Å². The molecule has 0 fully saturated rings. The predicted molar refractivity (Wildman–Crippen MR) is 81.3 cm³/mol. The zero-order chi connectivity index (χ0) is 13.7. The van der Waals surface area contributed by atoms with Gasteiger partial charge in [0.2, 0.25) is 0 Å². The number of unbranched alkanes of at least 4 members (excludes halogenated alkanes) is 1. The summed E-state index contributed by atoms with van der Waals surface area (Å²) in [6, 6.07) is 6.51. The first kappa shape index (κ1) is 14.1. The highest BCUT2D eigenvalue weighted by atomic mass is 15.1. The Hall–Kier alpha value is -1.35. The molecule has 1 heterocycles. The standard InChI is InChI=1S/C16H25N3/c1-4-7-10-19(6-3)12-16-17-14-9-8-13(5-2)11-15(14)18-16/h8-9,11H,4-7,10,12H2,1-3H3,(H,17,18). The highest BCUT2D eigenvalue weighted by Crippen LogP contribution is 2.15. The highest BCUT2D eigenvalue weighted by molar-refractivity contribution is 5.75. The van der Waals surface area contributed by atoms with Crippen molar-refractivity contribution >= 4 is 11.0 Å². The maximum absolute atomic E-state index is 4.69. The number of aromatic amines is 1. The van der Waals surface area contributed by atoms with Gasteiger partial charge in [-0.1, -0.05) is 33.3 Å². The molecule has 19 heavy (non-hydrogen) atoms. The lowest BCUT2D eigenvalue weighted by molar-refractivity contribution is 0.269. The lowest BCUT2D eigenvalue weighted by Crippen LogP contribution is -2.24. The molecule has 0 aliphatic carbocycles. The molecule has 3 nitrogen and oxygen atoms in total. The Labute approximate surface area is 116 Å². The minimum absolute atomic E-state index is 0.923. The fraction of sp³-hybridized carbons (Fsp3) is 0.562. The second kappa shape index (κ2) is 6.71. The van der Waals surface area contributed by atoms with E-state index in [-0.39, 0.29) is 0 Å².